The number of benzene rings is 1. The lowest BCUT2D eigenvalue weighted by atomic mass is 10.00. The number of hydrogen-bond donors (Lipinski definition) is 1. The Morgan fingerprint density at radius 1 is 1.15 bits per heavy atom. The van der Waals surface area contributed by atoms with Crippen LogP contribution in [0.2, 0.25) is 5.02 Å². The Balaban J connectivity index is 1.83. The third-order valence-corrected chi connectivity index (χ3v) is 5.55. The van der Waals surface area contributed by atoms with Crippen molar-refractivity contribution < 1.29 is 19.1 Å². The minimum atomic E-state index is -0.715. The highest BCUT2D eigenvalue weighted by atomic mass is 35.5. The van der Waals surface area contributed by atoms with E-state index in [0.29, 0.717) is 16.3 Å². The van der Waals surface area contributed by atoms with Crippen LogP contribution in [0, 0.1) is 0 Å². The van der Waals surface area contributed by atoms with Gasteiger partial charge in [0.15, 0.2) is 0 Å². The number of likely N-dealkylation sites (tertiary alicyclic amines) is 1. The van der Waals surface area contributed by atoms with Crippen molar-refractivity contribution in [1.82, 2.24) is 4.90 Å². The summed E-state index contributed by atoms with van der Waals surface area (Å²) in [5, 5.41) is 13.2. The summed E-state index contributed by atoms with van der Waals surface area (Å²) in [6.07, 6.45) is 1.51. The molecule has 0 saturated carbocycles. The Bertz CT molecular complexity index is 1010. The van der Waals surface area contributed by atoms with E-state index in [2.05, 4.69) is 0 Å². The van der Waals surface area contributed by atoms with Crippen LogP contribution in [0.4, 0.5) is 0 Å². The van der Waals surface area contributed by atoms with Crippen LogP contribution in [0.3, 0.4) is 0 Å². The number of halogens is 1. The van der Waals surface area contributed by atoms with Crippen LogP contribution >= 0.6 is 22.9 Å². The number of aliphatic hydroxyl groups is 1. The molecule has 0 spiro atoms. The Morgan fingerprint density at radius 3 is 2.56 bits per heavy atom. The molecule has 0 unspecified atom stereocenters. The number of amides is 1. The molecule has 5 nitrogen and oxygen atoms in total. The molecule has 0 aliphatic carbocycles. The van der Waals surface area contributed by atoms with Crippen molar-refractivity contribution in [3.63, 3.8) is 0 Å². The number of Topliss-reactive ketones (excluding diaryl/α,β-unsaturated/α-hetero) is 1. The maximum Gasteiger partial charge on any atom is 0.296 e. The van der Waals surface area contributed by atoms with Crippen molar-refractivity contribution in [3.8, 4) is 0 Å². The first kappa shape index (κ1) is 17.6. The Morgan fingerprint density at radius 2 is 1.93 bits per heavy atom. The molecule has 1 atom stereocenters. The maximum absolute atomic E-state index is 12.8. The van der Waals surface area contributed by atoms with Crippen molar-refractivity contribution in [2.75, 3.05) is 0 Å². The largest absolute Gasteiger partial charge is 0.507 e. The van der Waals surface area contributed by atoms with Gasteiger partial charge in [-0.3, -0.25) is 9.59 Å². The van der Waals surface area contributed by atoms with E-state index in [9.17, 15) is 14.7 Å². The normalized spacial score (nSPS) is 19.0. The van der Waals surface area contributed by atoms with Gasteiger partial charge in [-0.05, 0) is 47.8 Å². The van der Waals surface area contributed by atoms with Gasteiger partial charge in [0.25, 0.3) is 11.7 Å². The fraction of sp³-hybridized carbons (Fsp3) is 0.100. The third-order valence-electron chi connectivity index (χ3n) is 4.38. The zero-order valence-corrected chi connectivity index (χ0v) is 15.5. The number of aliphatic hydroxyl groups excluding tert-OH is 1. The highest BCUT2D eigenvalue weighted by Crippen LogP contribution is 2.41. The van der Waals surface area contributed by atoms with Crippen molar-refractivity contribution in [2.45, 2.75) is 12.6 Å². The first-order chi connectivity index (χ1) is 13.1. The molecular weight excluding hydrogens is 386 g/mol. The minimum Gasteiger partial charge on any atom is -0.507 e. The molecule has 4 rings (SSSR count). The number of hydrogen-bond acceptors (Lipinski definition) is 5. The molecule has 27 heavy (non-hydrogen) atoms. The van der Waals surface area contributed by atoms with Gasteiger partial charge in [0.05, 0.1) is 18.4 Å². The molecule has 1 N–H and O–H groups in total. The first-order valence-corrected chi connectivity index (χ1v) is 9.42. The second kappa shape index (κ2) is 7.06. The molecule has 1 fully saturated rings. The average molecular weight is 400 g/mol. The van der Waals surface area contributed by atoms with Gasteiger partial charge in [-0.25, -0.2) is 0 Å². The lowest BCUT2D eigenvalue weighted by Gasteiger charge is -2.23. The van der Waals surface area contributed by atoms with Gasteiger partial charge in [-0.1, -0.05) is 17.7 Å². The summed E-state index contributed by atoms with van der Waals surface area (Å²) in [6.45, 7) is 0.136. The summed E-state index contributed by atoms with van der Waals surface area (Å²) in [7, 11) is 0. The lowest BCUT2D eigenvalue weighted by molar-refractivity contribution is -0.140. The van der Waals surface area contributed by atoms with E-state index in [1.54, 1.807) is 36.4 Å². The number of rotatable bonds is 4. The van der Waals surface area contributed by atoms with Gasteiger partial charge in [0.1, 0.15) is 17.6 Å². The molecule has 1 aromatic carbocycles. The Hall–Kier alpha value is -2.83. The van der Waals surface area contributed by atoms with Crippen LogP contribution in [0.1, 0.15) is 22.2 Å². The van der Waals surface area contributed by atoms with Crippen LogP contribution in [0.25, 0.3) is 5.76 Å². The van der Waals surface area contributed by atoms with Gasteiger partial charge in [-0.2, -0.15) is 0 Å². The van der Waals surface area contributed by atoms with Crippen LogP contribution in [-0.4, -0.2) is 21.7 Å². The fourth-order valence-corrected chi connectivity index (χ4v) is 4.09. The molecule has 1 aliphatic rings. The summed E-state index contributed by atoms with van der Waals surface area (Å²) >= 11 is 7.32. The Labute approximate surface area is 164 Å². The van der Waals surface area contributed by atoms with E-state index < -0.39 is 17.7 Å². The maximum atomic E-state index is 12.8. The molecule has 1 aliphatic heterocycles. The molecular formula is C20H14ClNO4S. The number of furan rings is 1. The van der Waals surface area contributed by atoms with E-state index in [0.717, 1.165) is 4.88 Å². The number of carbonyl (C=O) groups excluding carboxylic acids is 2. The van der Waals surface area contributed by atoms with Crippen molar-refractivity contribution in [1.29, 1.82) is 0 Å². The highest BCUT2D eigenvalue weighted by Gasteiger charge is 2.46. The third kappa shape index (κ3) is 3.18. The molecule has 136 valence electrons. The summed E-state index contributed by atoms with van der Waals surface area (Å²) in [6, 6.07) is 12.9. The second-order valence-corrected chi connectivity index (χ2v) is 7.44. The molecule has 0 radical (unpaired) electrons. The quantitative estimate of drug-likeness (QED) is 0.395. The summed E-state index contributed by atoms with van der Waals surface area (Å²) in [5.74, 6) is -1.04. The lowest BCUT2D eigenvalue weighted by Crippen LogP contribution is -2.28. The van der Waals surface area contributed by atoms with Crippen molar-refractivity contribution in [2.24, 2.45) is 0 Å². The van der Waals surface area contributed by atoms with Gasteiger partial charge < -0.3 is 14.4 Å². The SMILES string of the molecule is O=C1C(=O)N(Cc2ccco2)[C@H](c2cccs2)/C1=C(\O)c1ccc(Cl)cc1. The number of nitrogens with zero attached hydrogens (tertiary/aromatic N) is 1. The predicted octanol–water partition coefficient (Wildman–Crippen LogP) is 4.62. The predicted molar refractivity (Wildman–Crippen MR) is 102 cm³/mol. The monoisotopic (exact) mass is 399 g/mol. The zero-order chi connectivity index (χ0) is 19.0. The van der Waals surface area contributed by atoms with E-state index >= 15 is 0 Å². The van der Waals surface area contributed by atoms with Gasteiger partial charge in [0.2, 0.25) is 0 Å². The summed E-state index contributed by atoms with van der Waals surface area (Å²) in [5.41, 5.74) is 0.494. The average Bonchev–Trinajstić information content (AvgIpc) is 3.40. The van der Waals surface area contributed by atoms with E-state index in [1.165, 1.54) is 22.5 Å². The molecule has 1 amide bonds. The highest BCUT2D eigenvalue weighted by molar-refractivity contribution is 7.10. The number of carbonyl (C=O) groups is 2. The topological polar surface area (TPSA) is 70.8 Å². The molecule has 0 bridgehead atoms. The standard InChI is InChI=1S/C20H14ClNO4S/c21-13-7-5-12(6-8-13)18(23)16-17(15-4-2-10-27-15)22(20(25)19(16)24)11-14-3-1-9-26-14/h1-10,17,23H,11H2/b18-16+/t17-/m1/s1. The molecule has 2 aromatic heterocycles. The van der Waals surface area contributed by atoms with E-state index in [-0.39, 0.29) is 17.9 Å². The molecule has 3 heterocycles. The van der Waals surface area contributed by atoms with Gasteiger partial charge >= 0.3 is 0 Å². The zero-order valence-electron chi connectivity index (χ0n) is 14.0. The summed E-state index contributed by atoms with van der Waals surface area (Å²) < 4.78 is 5.34. The van der Waals surface area contributed by atoms with Crippen LogP contribution in [-0.2, 0) is 16.1 Å². The Kier molecular flexibility index (Phi) is 4.59. The van der Waals surface area contributed by atoms with Crippen molar-refractivity contribution >= 4 is 40.4 Å². The minimum absolute atomic E-state index is 0.0660. The number of ketones is 1. The molecule has 3 aromatic rings. The van der Waals surface area contributed by atoms with Crippen LogP contribution < -0.4 is 0 Å². The molecule has 7 heteroatoms. The first-order valence-electron chi connectivity index (χ1n) is 8.16. The summed E-state index contributed by atoms with van der Waals surface area (Å²) in [4.78, 5) is 27.7. The molecule has 1 saturated heterocycles. The van der Waals surface area contributed by atoms with Crippen molar-refractivity contribution in [3.05, 3.63) is 87.0 Å². The van der Waals surface area contributed by atoms with Gasteiger partial charge in [-0.15, -0.1) is 11.3 Å². The second-order valence-electron chi connectivity index (χ2n) is 6.03. The van der Waals surface area contributed by atoms with Crippen LogP contribution in [0.15, 0.2) is 70.2 Å². The van der Waals surface area contributed by atoms with Crippen LogP contribution in [0.5, 0.6) is 0 Å². The van der Waals surface area contributed by atoms with E-state index in [4.69, 9.17) is 16.0 Å². The number of thiophene rings is 1. The fourth-order valence-electron chi connectivity index (χ4n) is 3.12. The smallest absolute Gasteiger partial charge is 0.296 e. The van der Waals surface area contributed by atoms with Gasteiger partial charge in [0, 0.05) is 15.5 Å². The van der Waals surface area contributed by atoms with E-state index in [1.807, 2.05) is 17.5 Å².